The van der Waals surface area contributed by atoms with Crippen LogP contribution in [0.4, 0.5) is 0 Å². The molecule has 2 heterocycles. The van der Waals surface area contributed by atoms with Crippen LogP contribution in [-0.2, 0) is 0 Å². The van der Waals surface area contributed by atoms with Crippen molar-refractivity contribution in [2.24, 2.45) is 0 Å². The number of nitrogens with zero attached hydrogens (tertiary/aromatic N) is 2. The summed E-state index contributed by atoms with van der Waals surface area (Å²) in [5.41, 5.74) is 0.552. The molecule has 0 unspecified atom stereocenters. The van der Waals surface area contributed by atoms with E-state index in [9.17, 15) is 4.79 Å². The molecule has 1 aliphatic rings. The molecular weight excluding hydrogens is 332 g/mol. The molecule has 1 fully saturated rings. The van der Waals surface area contributed by atoms with E-state index in [0.29, 0.717) is 41.1 Å². The van der Waals surface area contributed by atoms with Crippen molar-refractivity contribution >= 4 is 17.5 Å². The standard InChI is InChI=1S/C17H17ClN2O4/c1-22-14-5-3-11(7-15(14)23-2)17(21)20-9-13(10-20)24-16-6-4-12(18)8-19-16/h3-8,13H,9-10H2,1-2H3. The third-order valence-corrected chi connectivity index (χ3v) is 3.98. The van der Waals surface area contributed by atoms with E-state index in [1.54, 1.807) is 49.5 Å². The van der Waals surface area contributed by atoms with Crippen LogP contribution < -0.4 is 14.2 Å². The van der Waals surface area contributed by atoms with E-state index in [1.807, 2.05) is 0 Å². The van der Waals surface area contributed by atoms with Crippen LogP contribution in [0.15, 0.2) is 36.5 Å². The second-order valence-electron chi connectivity index (χ2n) is 5.33. The second-order valence-corrected chi connectivity index (χ2v) is 5.77. The number of methoxy groups -OCH3 is 2. The van der Waals surface area contributed by atoms with Gasteiger partial charge in [-0.2, -0.15) is 0 Å². The number of benzene rings is 1. The minimum atomic E-state index is -0.0696. The highest BCUT2D eigenvalue weighted by Gasteiger charge is 2.33. The van der Waals surface area contributed by atoms with Gasteiger partial charge in [-0.1, -0.05) is 11.6 Å². The molecule has 0 spiro atoms. The highest BCUT2D eigenvalue weighted by atomic mass is 35.5. The number of carbonyl (C=O) groups is 1. The van der Waals surface area contributed by atoms with Crippen molar-refractivity contribution in [1.29, 1.82) is 0 Å². The molecule has 0 radical (unpaired) electrons. The number of carbonyl (C=O) groups excluding carboxylic acids is 1. The van der Waals surface area contributed by atoms with E-state index in [1.165, 1.54) is 6.20 Å². The Morgan fingerprint density at radius 3 is 2.54 bits per heavy atom. The summed E-state index contributed by atoms with van der Waals surface area (Å²) in [6.45, 7) is 1.02. The fraction of sp³-hybridized carbons (Fsp3) is 0.294. The van der Waals surface area contributed by atoms with Gasteiger partial charge in [0.15, 0.2) is 11.5 Å². The Hall–Kier alpha value is -2.47. The van der Waals surface area contributed by atoms with E-state index in [0.717, 1.165) is 0 Å². The number of amides is 1. The first kappa shape index (κ1) is 16.4. The van der Waals surface area contributed by atoms with Gasteiger partial charge in [0.1, 0.15) is 6.10 Å². The molecule has 1 saturated heterocycles. The topological polar surface area (TPSA) is 60.9 Å². The lowest BCUT2D eigenvalue weighted by atomic mass is 10.1. The van der Waals surface area contributed by atoms with Crippen LogP contribution >= 0.6 is 11.6 Å². The summed E-state index contributed by atoms with van der Waals surface area (Å²) in [5, 5.41) is 0.557. The Morgan fingerprint density at radius 2 is 1.92 bits per heavy atom. The zero-order chi connectivity index (χ0) is 17.1. The number of pyridine rings is 1. The zero-order valence-corrected chi connectivity index (χ0v) is 14.1. The lowest BCUT2D eigenvalue weighted by Crippen LogP contribution is -2.56. The number of likely N-dealkylation sites (tertiary alicyclic amines) is 1. The van der Waals surface area contributed by atoms with Gasteiger partial charge in [0, 0.05) is 17.8 Å². The fourth-order valence-corrected chi connectivity index (χ4v) is 2.54. The molecule has 7 heteroatoms. The van der Waals surface area contributed by atoms with Crippen LogP contribution in [0.25, 0.3) is 0 Å². The van der Waals surface area contributed by atoms with Crippen molar-refractivity contribution in [3.8, 4) is 17.4 Å². The Kier molecular flexibility index (Phi) is 4.76. The Morgan fingerprint density at radius 1 is 1.17 bits per heavy atom. The third kappa shape index (κ3) is 3.38. The van der Waals surface area contributed by atoms with Gasteiger partial charge in [0.25, 0.3) is 5.91 Å². The maximum Gasteiger partial charge on any atom is 0.254 e. The summed E-state index contributed by atoms with van der Waals surface area (Å²) >= 11 is 5.78. The molecule has 1 aromatic heterocycles. The van der Waals surface area contributed by atoms with Crippen LogP contribution in [-0.4, -0.2) is 49.2 Å². The number of rotatable bonds is 5. The quantitative estimate of drug-likeness (QED) is 0.831. The Balaban J connectivity index is 1.59. The van der Waals surface area contributed by atoms with Crippen molar-refractivity contribution in [2.75, 3.05) is 27.3 Å². The number of ether oxygens (including phenoxy) is 3. The lowest BCUT2D eigenvalue weighted by molar-refractivity contribution is 0.0160. The van der Waals surface area contributed by atoms with E-state index < -0.39 is 0 Å². The second kappa shape index (κ2) is 6.97. The third-order valence-electron chi connectivity index (χ3n) is 3.75. The molecule has 0 bridgehead atoms. The van der Waals surface area contributed by atoms with Crippen molar-refractivity contribution in [3.05, 3.63) is 47.1 Å². The average Bonchev–Trinajstić information content (AvgIpc) is 2.58. The predicted octanol–water partition coefficient (Wildman–Crippen LogP) is 2.66. The zero-order valence-electron chi connectivity index (χ0n) is 13.4. The maximum atomic E-state index is 12.5. The molecule has 2 aromatic rings. The van der Waals surface area contributed by atoms with Gasteiger partial charge in [-0.25, -0.2) is 4.98 Å². The molecule has 3 rings (SSSR count). The lowest BCUT2D eigenvalue weighted by Gasteiger charge is -2.38. The fourth-order valence-electron chi connectivity index (χ4n) is 2.43. The normalized spacial score (nSPS) is 14.0. The van der Waals surface area contributed by atoms with Crippen LogP contribution in [0.3, 0.4) is 0 Å². The molecule has 0 N–H and O–H groups in total. The molecule has 1 aromatic carbocycles. The van der Waals surface area contributed by atoms with Crippen molar-refractivity contribution in [3.63, 3.8) is 0 Å². The molecular formula is C17H17ClN2O4. The summed E-state index contributed by atoms with van der Waals surface area (Å²) in [7, 11) is 3.10. The Labute approximate surface area is 144 Å². The first-order valence-corrected chi connectivity index (χ1v) is 7.78. The number of aromatic nitrogens is 1. The van der Waals surface area contributed by atoms with E-state index >= 15 is 0 Å². The first-order valence-electron chi connectivity index (χ1n) is 7.40. The summed E-state index contributed by atoms with van der Waals surface area (Å²) in [6, 6.07) is 8.54. The smallest absolute Gasteiger partial charge is 0.254 e. The predicted molar refractivity (Wildman–Crippen MR) is 89.1 cm³/mol. The Bertz CT molecular complexity index is 730. The van der Waals surface area contributed by atoms with Gasteiger partial charge in [-0.05, 0) is 24.3 Å². The average molecular weight is 349 g/mol. The van der Waals surface area contributed by atoms with Gasteiger partial charge in [0.05, 0.1) is 32.3 Å². The molecule has 0 atom stereocenters. The SMILES string of the molecule is COc1ccc(C(=O)N2CC(Oc3ccc(Cl)cn3)C2)cc1OC. The van der Waals surface area contributed by atoms with E-state index in [4.69, 9.17) is 25.8 Å². The van der Waals surface area contributed by atoms with E-state index in [-0.39, 0.29) is 12.0 Å². The summed E-state index contributed by atoms with van der Waals surface area (Å²) in [6.07, 6.45) is 1.46. The van der Waals surface area contributed by atoms with Crippen LogP contribution in [0.2, 0.25) is 5.02 Å². The van der Waals surface area contributed by atoms with Gasteiger partial charge < -0.3 is 19.1 Å². The minimum absolute atomic E-state index is 0.0669. The minimum Gasteiger partial charge on any atom is -0.493 e. The highest BCUT2D eigenvalue weighted by Crippen LogP contribution is 2.29. The molecule has 24 heavy (non-hydrogen) atoms. The molecule has 0 saturated carbocycles. The van der Waals surface area contributed by atoms with Crippen molar-refractivity contribution in [1.82, 2.24) is 9.88 Å². The molecule has 6 nitrogen and oxygen atoms in total. The van der Waals surface area contributed by atoms with E-state index in [2.05, 4.69) is 4.98 Å². The van der Waals surface area contributed by atoms with Crippen molar-refractivity contribution < 1.29 is 19.0 Å². The van der Waals surface area contributed by atoms with Crippen LogP contribution in [0, 0.1) is 0 Å². The molecule has 1 aliphatic heterocycles. The van der Waals surface area contributed by atoms with Gasteiger partial charge in [-0.15, -0.1) is 0 Å². The number of halogens is 1. The molecule has 0 aliphatic carbocycles. The van der Waals surface area contributed by atoms with Crippen LogP contribution in [0.5, 0.6) is 17.4 Å². The number of hydrogen-bond acceptors (Lipinski definition) is 5. The van der Waals surface area contributed by atoms with Gasteiger partial charge >= 0.3 is 0 Å². The largest absolute Gasteiger partial charge is 0.493 e. The first-order chi connectivity index (χ1) is 11.6. The van der Waals surface area contributed by atoms with Gasteiger partial charge in [-0.3, -0.25) is 4.79 Å². The summed E-state index contributed by atoms with van der Waals surface area (Å²) in [5.74, 6) is 1.55. The van der Waals surface area contributed by atoms with Crippen molar-refractivity contribution in [2.45, 2.75) is 6.10 Å². The summed E-state index contributed by atoms with van der Waals surface area (Å²) in [4.78, 5) is 18.3. The summed E-state index contributed by atoms with van der Waals surface area (Å²) < 4.78 is 16.1. The number of hydrogen-bond donors (Lipinski definition) is 0. The molecule has 1 amide bonds. The van der Waals surface area contributed by atoms with Crippen LogP contribution in [0.1, 0.15) is 10.4 Å². The molecule has 126 valence electrons. The van der Waals surface area contributed by atoms with Gasteiger partial charge in [0.2, 0.25) is 5.88 Å². The maximum absolute atomic E-state index is 12.5. The highest BCUT2D eigenvalue weighted by molar-refractivity contribution is 6.30. The monoisotopic (exact) mass is 348 g/mol.